The van der Waals surface area contributed by atoms with Gasteiger partial charge in [-0.2, -0.15) is 0 Å². The Morgan fingerprint density at radius 2 is 1.68 bits per heavy atom. The van der Waals surface area contributed by atoms with Crippen molar-refractivity contribution in [2.45, 2.75) is 6.92 Å². The van der Waals surface area contributed by atoms with Crippen LogP contribution in [0, 0.1) is 18.6 Å². The van der Waals surface area contributed by atoms with Crippen LogP contribution in [0.5, 0.6) is 0 Å². The summed E-state index contributed by atoms with van der Waals surface area (Å²) in [5, 5.41) is 0. The highest BCUT2D eigenvalue weighted by atomic mass is 19.1. The molecule has 0 aliphatic carbocycles. The first-order chi connectivity index (χ1) is 8.99. The summed E-state index contributed by atoms with van der Waals surface area (Å²) in [6.45, 7) is 1.75. The molecular formula is C15H13F2NO. The van der Waals surface area contributed by atoms with Crippen LogP contribution in [0.25, 0.3) is 0 Å². The van der Waals surface area contributed by atoms with E-state index >= 15 is 0 Å². The number of anilines is 1. The Labute approximate surface area is 110 Å². The molecule has 1 amide bonds. The van der Waals surface area contributed by atoms with Gasteiger partial charge in [0, 0.05) is 12.7 Å². The first-order valence-corrected chi connectivity index (χ1v) is 5.79. The monoisotopic (exact) mass is 261 g/mol. The van der Waals surface area contributed by atoms with E-state index in [-0.39, 0.29) is 11.4 Å². The Morgan fingerprint density at radius 3 is 2.26 bits per heavy atom. The van der Waals surface area contributed by atoms with Gasteiger partial charge in [0.25, 0.3) is 5.91 Å². The molecule has 98 valence electrons. The van der Waals surface area contributed by atoms with Gasteiger partial charge in [-0.05, 0) is 48.9 Å². The van der Waals surface area contributed by atoms with Crippen LogP contribution < -0.4 is 4.90 Å². The molecule has 0 heterocycles. The van der Waals surface area contributed by atoms with Gasteiger partial charge in [-0.15, -0.1) is 0 Å². The number of hydrogen-bond acceptors (Lipinski definition) is 1. The standard InChI is InChI=1S/C15H13F2NO/c1-10-3-8-13(14(17)9-10)15(19)18(2)12-6-4-11(16)5-7-12/h3-9H,1-2H3. The molecule has 19 heavy (non-hydrogen) atoms. The maximum Gasteiger partial charge on any atom is 0.260 e. The number of carbonyl (C=O) groups is 1. The molecular weight excluding hydrogens is 248 g/mol. The number of halogens is 2. The van der Waals surface area contributed by atoms with Crippen LogP contribution in [0.4, 0.5) is 14.5 Å². The van der Waals surface area contributed by atoms with Crippen molar-refractivity contribution < 1.29 is 13.6 Å². The molecule has 0 atom stereocenters. The maximum atomic E-state index is 13.7. The van der Waals surface area contributed by atoms with Crippen molar-refractivity contribution in [1.82, 2.24) is 0 Å². The number of benzene rings is 2. The summed E-state index contributed by atoms with van der Waals surface area (Å²) in [7, 11) is 1.52. The lowest BCUT2D eigenvalue weighted by atomic mass is 10.1. The van der Waals surface area contributed by atoms with Gasteiger partial charge in [-0.3, -0.25) is 4.79 Å². The fourth-order valence-electron chi connectivity index (χ4n) is 1.76. The second-order valence-electron chi connectivity index (χ2n) is 4.32. The number of amides is 1. The van der Waals surface area contributed by atoms with Crippen molar-refractivity contribution in [3.63, 3.8) is 0 Å². The topological polar surface area (TPSA) is 20.3 Å². The molecule has 4 heteroatoms. The molecule has 0 N–H and O–H groups in total. The lowest BCUT2D eigenvalue weighted by Crippen LogP contribution is -2.27. The van der Waals surface area contributed by atoms with E-state index in [1.54, 1.807) is 13.0 Å². The molecule has 0 spiro atoms. The number of hydrogen-bond donors (Lipinski definition) is 0. The molecule has 2 nitrogen and oxygen atoms in total. The van der Waals surface area contributed by atoms with E-state index in [1.807, 2.05) is 0 Å². The summed E-state index contributed by atoms with van der Waals surface area (Å²) in [4.78, 5) is 13.4. The Balaban J connectivity index is 2.30. The Kier molecular flexibility index (Phi) is 3.60. The number of carbonyl (C=O) groups excluding carboxylic acids is 1. The third-order valence-electron chi connectivity index (χ3n) is 2.87. The molecule has 0 aliphatic rings. The van der Waals surface area contributed by atoms with Crippen molar-refractivity contribution in [3.8, 4) is 0 Å². The van der Waals surface area contributed by atoms with Crippen molar-refractivity contribution in [2.24, 2.45) is 0 Å². The smallest absolute Gasteiger partial charge is 0.260 e. The lowest BCUT2D eigenvalue weighted by molar-refractivity contribution is 0.0989. The van der Waals surface area contributed by atoms with Crippen LogP contribution in [0.3, 0.4) is 0 Å². The highest BCUT2D eigenvalue weighted by molar-refractivity contribution is 6.05. The molecule has 0 saturated carbocycles. The van der Waals surface area contributed by atoms with Gasteiger partial charge in [0.1, 0.15) is 11.6 Å². The number of nitrogens with zero attached hydrogens (tertiary/aromatic N) is 1. The van der Waals surface area contributed by atoms with Gasteiger partial charge in [0.15, 0.2) is 0 Å². The highest BCUT2D eigenvalue weighted by Crippen LogP contribution is 2.18. The van der Waals surface area contributed by atoms with E-state index in [2.05, 4.69) is 0 Å². The summed E-state index contributed by atoms with van der Waals surface area (Å²) >= 11 is 0. The van der Waals surface area contributed by atoms with Crippen LogP contribution in [-0.4, -0.2) is 13.0 Å². The molecule has 2 aromatic carbocycles. The van der Waals surface area contributed by atoms with Gasteiger partial charge < -0.3 is 4.90 Å². The Morgan fingerprint density at radius 1 is 1.05 bits per heavy atom. The fraction of sp³-hybridized carbons (Fsp3) is 0.133. The molecule has 2 aromatic rings. The van der Waals surface area contributed by atoms with Crippen LogP contribution >= 0.6 is 0 Å². The maximum absolute atomic E-state index is 13.7. The number of aryl methyl sites for hydroxylation is 1. The molecule has 0 radical (unpaired) electrons. The molecule has 0 aromatic heterocycles. The minimum atomic E-state index is -0.557. The van der Waals surface area contributed by atoms with E-state index in [9.17, 15) is 13.6 Å². The quantitative estimate of drug-likeness (QED) is 0.809. The van der Waals surface area contributed by atoms with E-state index in [1.165, 1.54) is 48.3 Å². The highest BCUT2D eigenvalue weighted by Gasteiger charge is 2.17. The minimum Gasteiger partial charge on any atom is -0.311 e. The van der Waals surface area contributed by atoms with Gasteiger partial charge in [-0.25, -0.2) is 8.78 Å². The van der Waals surface area contributed by atoms with E-state index < -0.39 is 11.7 Å². The SMILES string of the molecule is Cc1ccc(C(=O)N(C)c2ccc(F)cc2)c(F)c1. The zero-order valence-corrected chi connectivity index (χ0v) is 10.7. The fourth-order valence-corrected chi connectivity index (χ4v) is 1.76. The molecule has 2 rings (SSSR count). The lowest BCUT2D eigenvalue weighted by Gasteiger charge is -2.17. The van der Waals surface area contributed by atoms with Crippen molar-refractivity contribution in [3.05, 3.63) is 65.2 Å². The predicted molar refractivity (Wildman–Crippen MR) is 70.3 cm³/mol. The normalized spacial score (nSPS) is 10.3. The van der Waals surface area contributed by atoms with E-state index in [0.29, 0.717) is 5.69 Å². The molecule has 0 unspecified atom stereocenters. The largest absolute Gasteiger partial charge is 0.311 e. The molecule has 0 aliphatic heterocycles. The minimum absolute atomic E-state index is 0.00238. The summed E-state index contributed by atoms with van der Waals surface area (Å²) in [5.41, 5.74) is 1.25. The predicted octanol–water partition coefficient (Wildman–Crippen LogP) is 3.55. The zero-order chi connectivity index (χ0) is 14.0. The van der Waals surface area contributed by atoms with Crippen LogP contribution in [0.2, 0.25) is 0 Å². The van der Waals surface area contributed by atoms with E-state index in [4.69, 9.17) is 0 Å². The average Bonchev–Trinajstić information content (AvgIpc) is 2.38. The summed E-state index contributed by atoms with van der Waals surface area (Å²) in [6.07, 6.45) is 0. The number of rotatable bonds is 2. The third kappa shape index (κ3) is 2.78. The van der Waals surface area contributed by atoms with Crippen LogP contribution in [-0.2, 0) is 0 Å². The second kappa shape index (κ2) is 5.18. The third-order valence-corrected chi connectivity index (χ3v) is 2.87. The van der Waals surface area contributed by atoms with Crippen molar-refractivity contribution in [2.75, 3.05) is 11.9 Å². The Hall–Kier alpha value is -2.23. The molecule has 0 fully saturated rings. The zero-order valence-electron chi connectivity index (χ0n) is 10.7. The second-order valence-corrected chi connectivity index (χ2v) is 4.32. The summed E-state index contributed by atoms with van der Waals surface area (Å²) < 4.78 is 26.6. The molecule has 0 bridgehead atoms. The average molecular weight is 261 g/mol. The first kappa shape index (κ1) is 13.2. The van der Waals surface area contributed by atoms with Crippen molar-refractivity contribution in [1.29, 1.82) is 0 Å². The van der Waals surface area contributed by atoms with Gasteiger partial charge >= 0.3 is 0 Å². The summed E-state index contributed by atoms with van der Waals surface area (Å²) in [5.74, 6) is -1.41. The van der Waals surface area contributed by atoms with Gasteiger partial charge in [-0.1, -0.05) is 6.07 Å². The van der Waals surface area contributed by atoms with Gasteiger partial charge in [0.05, 0.1) is 5.56 Å². The van der Waals surface area contributed by atoms with Crippen LogP contribution in [0.15, 0.2) is 42.5 Å². The first-order valence-electron chi connectivity index (χ1n) is 5.79. The summed E-state index contributed by atoms with van der Waals surface area (Å²) in [6, 6.07) is 9.89. The van der Waals surface area contributed by atoms with E-state index in [0.717, 1.165) is 5.56 Å². The van der Waals surface area contributed by atoms with Gasteiger partial charge in [0.2, 0.25) is 0 Å². The van der Waals surface area contributed by atoms with Crippen LogP contribution in [0.1, 0.15) is 15.9 Å². The Bertz CT molecular complexity index is 608. The van der Waals surface area contributed by atoms with Crippen molar-refractivity contribution >= 4 is 11.6 Å². The molecule has 0 saturated heterocycles.